The van der Waals surface area contributed by atoms with E-state index in [1.165, 1.54) is 5.56 Å². The molecule has 0 aliphatic heterocycles. The van der Waals surface area contributed by atoms with Gasteiger partial charge < -0.3 is 5.11 Å². The van der Waals surface area contributed by atoms with Gasteiger partial charge in [0.15, 0.2) is 0 Å². The van der Waals surface area contributed by atoms with Crippen LogP contribution in [-0.2, 0) is 13.0 Å². The van der Waals surface area contributed by atoms with Crippen LogP contribution in [0.5, 0.6) is 0 Å². The van der Waals surface area contributed by atoms with Crippen molar-refractivity contribution in [1.29, 1.82) is 0 Å². The molecule has 1 aromatic heterocycles. The molecule has 16 heavy (non-hydrogen) atoms. The Bertz CT molecular complexity index is 478. The molecule has 1 heterocycles. The first kappa shape index (κ1) is 11.8. The van der Waals surface area contributed by atoms with Crippen molar-refractivity contribution in [1.82, 2.24) is 4.98 Å². The lowest BCUT2D eigenvalue weighted by Crippen LogP contribution is -1.89. The maximum absolute atomic E-state index is 9.07. The van der Waals surface area contributed by atoms with Gasteiger partial charge in [-0.05, 0) is 24.6 Å². The summed E-state index contributed by atoms with van der Waals surface area (Å²) in [5, 5.41) is 10.1. The Morgan fingerprint density at radius 3 is 2.56 bits per heavy atom. The monoisotopic (exact) mass is 297 g/mol. The van der Waals surface area contributed by atoms with Crippen molar-refractivity contribution in [3.8, 4) is 0 Å². The quantitative estimate of drug-likeness (QED) is 0.943. The summed E-state index contributed by atoms with van der Waals surface area (Å²) in [6.45, 7) is 2.02. The molecule has 0 fully saturated rings. The lowest BCUT2D eigenvalue weighted by molar-refractivity contribution is 0.276. The van der Waals surface area contributed by atoms with Crippen molar-refractivity contribution < 1.29 is 5.11 Å². The van der Waals surface area contributed by atoms with Gasteiger partial charge >= 0.3 is 0 Å². The summed E-state index contributed by atoms with van der Waals surface area (Å²) < 4.78 is 1.09. The molecule has 4 heteroatoms. The SMILES string of the molecule is Cc1sc(Cc2ccc(Br)cc2)nc1CO. The molecule has 0 aliphatic rings. The standard InChI is InChI=1S/C12H12BrNOS/c1-8-11(7-15)14-12(16-8)6-9-2-4-10(13)5-3-9/h2-5,15H,6-7H2,1H3. The van der Waals surface area contributed by atoms with E-state index in [-0.39, 0.29) is 6.61 Å². The van der Waals surface area contributed by atoms with E-state index < -0.39 is 0 Å². The predicted octanol–water partition coefficient (Wildman–Crippen LogP) is 3.30. The van der Waals surface area contributed by atoms with Gasteiger partial charge in [-0.25, -0.2) is 4.98 Å². The van der Waals surface area contributed by atoms with Crippen LogP contribution in [0.2, 0.25) is 0 Å². The van der Waals surface area contributed by atoms with Gasteiger partial charge in [0.1, 0.15) is 0 Å². The lowest BCUT2D eigenvalue weighted by Gasteiger charge is -1.97. The van der Waals surface area contributed by atoms with Crippen LogP contribution >= 0.6 is 27.3 Å². The third kappa shape index (κ3) is 2.70. The van der Waals surface area contributed by atoms with Crippen LogP contribution in [0.3, 0.4) is 0 Å². The normalized spacial score (nSPS) is 10.7. The van der Waals surface area contributed by atoms with Crippen LogP contribution in [0.25, 0.3) is 0 Å². The minimum Gasteiger partial charge on any atom is -0.390 e. The van der Waals surface area contributed by atoms with E-state index in [9.17, 15) is 0 Å². The minimum absolute atomic E-state index is 0.0304. The average molecular weight is 298 g/mol. The van der Waals surface area contributed by atoms with Crippen LogP contribution in [0, 0.1) is 6.92 Å². The Morgan fingerprint density at radius 2 is 2.00 bits per heavy atom. The van der Waals surface area contributed by atoms with Gasteiger partial charge in [0.2, 0.25) is 0 Å². The van der Waals surface area contributed by atoms with E-state index >= 15 is 0 Å². The molecule has 0 bridgehead atoms. The highest BCUT2D eigenvalue weighted by Crippen LogP contribution is 2.21. The number of nitrogens with zero attached hydrogens (tertiary/aromatic N) is 1. The molecule has 2 aromatic rings. The molecular weight excluding hydrogens is 286 g/mol. The molecule has 84 valence electrons. The summed E-state index contributed by atoms with van der Waals surface area (Å²) in [6.07, 6.45) is 0.832. The van der Waals surface area contributed by atoms with E-state index in [1.807, 2.05) is 19.1 Å². The number of hydrogen-bond acceptors (Lipinski definition) is 3. The maximum Gasteiger partial charge on any atom is 0.0975 e. The van der Waals surface area contributed by atoms with Crippen LogP contribution in [-0.4, -0.2) is 10.1 Å². The van der Waals surface area contributed by atoms with Gasteiger partial charge in [-0.2, -0.15) is 0 Å². The lowest BCUT2D eigenvalue weighted by atomic mass is 10.2. The fourth-order valence-electron chi connectivity index (χ4n) is 1.49. The van der Waals surface area contributed by atoms with Crippen molar-refractivity contribution in [3.05, 3.63) is 49.9 Å². The molecule has 1 N–H and O–H groups in total. The second-order valence-corrected chi connectivity index (χ2v) is 5.78. The first-order valence-electron chi connectivity index (χ1n) is 4.99. The molecule has 0 saturated carbocycles. The van der Waals surface area contributed by atoms with Crippen molar-refractivity contribution in [2.45, 2.75) is 20.0 Å². The van der Waals surface area contributed by atoms with Crippen LogP contribution in [0.4, 0.5) is 0 Å². The summed E-state index contributed by atoms with van der Waals surface area (Å²) >= 11 is 5.07. The number of aliphatic hydroxyl groups is 1. The molecule has 2 rings (SSSR count). The van der Waals surface area contributed by atoms with Crippen molar-refractivity contribution in [2.24, 2.45) is 0 Å². The number of halogens is 1. The van der Waals surface area contributed by atoms with Gasteiger partial charge in [0, 0.05) is 15.8 Å². The highest BCUT2D eigenvalue weighted by atomic mass is 79.9. The molecule has 0 saturated heterocycles. The fourth-order valence-corrected chi connectivity index (χ4v) is 2.73. The molecular formula is C12H12BrNOS. The van der Waals surface area contributed by atoms with E-state index in [2.05, 4.69) is 33.0 Å². The molecule has 2 nitrogen and oxygen atoms in total. The van der Waals surface area contributed by atoms with E-state index in [0.717, 1.165) is 26.5 Å². The van der Waals surface area contributed by atoms with Gasteiger partial charge in [-0.15, -0.1) is 11.3 Å². The van der Waals surface area contributed by atoms with E-state index in [4.69, 9.17) is 5.11 Å². The topological polar surface area (TPSA) is 33.1 Å². The van der Waals surface area contributed by atoms with Crippen LogP contribution < -0.4 is 0 Å². The average Bonchev–Trinajstić information content (AvgIpc) is 2.62. The maximum atomic E-state index is 9.07. The van der Waals surface area contributed by atoms with Gasteiger partial charge in [0.25, 0.3) is 0 Å². The predicted molar refractivity (Wildman–Crippen MR) is 69.7 cm³/mol. The summed E-state index contributed by atoms with van der Waals surface area (Å²) in [6, 6.07) is 8.23. The number of hydrogen-bond donors (Lipinski definition) is 1. The molecule has 0 atom stereocenters. The minimum atomic E-state index is 0.0304. The van der Waals surface area contributed by atoms with Crippen molar-refractivity contribution in [2.75, 3.05) is 0 Å². The molecule has 1 aromatic carbocycles. The first-order valence-corrected chi connectivity index (χ1v) is 6.60. The molecule has 0 spiro atoms. The highest BCUT2D eigenvalue weighted by molar-refractivity contribution is 9.10. The largest absolute Gasteiger partial charge is 0.390 e. The zero-order valence-electron chi connectivity index (χ0n) is 8.90. The Hall–Kier alpha value is -0.710. The zero-order valence-corrected chi connectivity index (χ0v) is 11.3. The second-order valence-electron chi connectivity index (χ2n) is 3.57. The number of aryl methyl sites for hydroxylation is 1. The molecule has 0 radical (unpaired) electrons. The molecule has 0 unspecified atom stereocenters. The molecule has 0 aliphatic carbocycles. The first-order chi connectivity index (χ1) is 7.69. The van der Waals surface area contributed by atoms with Gasteiger partial charge in [0.05, 0.1) is 17.3 Å². The summed E-state index contributed by atoms with van der Waals surface area (Å²) in [7, 11) is 0. The summed E-state index contributed by atoms with van der Waals surface area (Å²) in [5.74, 6) is 0. The second kappa shape index (κ2) is 5.08. The van der Waals surface area contributed by atoms with E-state index in [0.29, 0.717) is 0 Å². The Morgan fingerprint density at radius 1 is 1.31 bits per heavy atom. The number of aromatic nitrogens is 1. The molecule has 0 amide bonds. The fraction of sp³-hybridized carbons (Fsp3) is 0.250. The van der Waals surface area contributed by atoms with Gasteiger partial charge in [-0.3, -0.25) is 0 Å². The number of aliphatic hydroxyl groups excluding tert-OH is 1. The Kier molecular flexibility index (Phi) is 3.74. The van der Waals surface area contributed by atoms with E-state index in [1.54, 1.807) is 11.3 Å². The summed E-state index contributed by atoms with van der Waals surface area (Å²) in [4.78, 5) is 5.51. The van der Waals surface area contributed by atoms with Crippen molar-refractivity contribution in [3.63, 3.8) is 0 Å². The van der Waals surface area contributed by atoms with Crippen LogP contribution in [0.15, 0.2) is 28.7 Å². The Labute approximate surface area is 107 Å². The summed E-state index contributed by atoms with van der Waals surface area (Å²) in [5.41, 5.74) is 2.04. The number of thiazole rings is 1. The smallest absolute Gasteiger partial charge is 0.0975 e. The number of benzene rings is 1. The zero-order chi connectivity index (χ0) is 11.5. The van der Waals surface area contributed by atoms with Gasteiger partial charge in [-0.1, -0.05) is 28.1 Å². The Balaban J connectivity index is 2.17. The third-order valence-electron chi connectivity index (χ3n) is 2.36. The third-order valence-corrected chi connectivity index (χ3v) is 3.90. The number of rotatable bonds is 3. The van der Waals surface area contributed by atoms with Crippen molar-refractivity contribution >= 4 is 27.3 Å². The highest BCUT2D eigenvalue weighted by Gasteiger charge is 2.06. The van der Waals surface area contributed by atoms with Crippen LogP contribution in [0.1, 0.15) is 21.1 Å².